The molecule has 1 fully saturated rings. The summed E-state index contributed by atoms with van der Waals surface area (Å²) < 4.78 is 53.0. The van der Waals surface area contributed by atoms with E-state index in [0.29, 0.717) is 41.2 Å². The highest BCUT2D eigenvalue weighted by Crippen LogP contribution is 2.30. The number of nitrogens with zero attached hydrogens (tertiary/aromatic N) is 4. The van der Waals surface area contributed by atoms with Gasteiger partial charge in [-0.3, -0.25) is 14.5 Å². The third-order valence-electron chi connectivity index (χ3n) is 6.32. The Morgan fingerprint density at radius 3 is 2.16 bits per heavy atom. The van der Waals surface area contributed by atoms with Gasteiger partial charge >= 0.3 is 18.5 Å². The largest absolute Gasteiger partial charge is 0.573 e. The molecule has 3 rings (SSSR count). The fraction of sp³-hybridized carbons (Fsp3) is 0.621. The number of hydrogen-bond acceptors (Lipinski definition) is 9. The Bertz CT molecular complexity index is 1360. The number of rotatable bonds is 8. The van der Waals surface area contributed by atoms with Gasteiger partial charge in [0, 0.05) is 26.2 Å². The number of hydrogen-bond donors (Lipinski definition) is 0. The molecule has 1 aliphatic rings. The first-order chi connectivity index (χ1) is 20.2. The molecular weight excluding hydrogens is 605 g/mol. The SMILES string of the molecule is CN(CC(=O)Cc1nc2ccc(OC(F)(F)F)cc2s1)C(=O)CN(C(=O)OC(C)(C)C)C1CCN(C(=O)OC(C)(C)C)CC1. The average Bonchev–Trinajstić information content (AvgIpc) is 3.25. The minimum atomic E-state index is -4.83. The van der Waals surface area contributed by atoms with Gasteiger partial charge in [-0.1, -0.05) is 0 Å². The number of Topliss-reactive ketones (excluding diaryl/α,β-unsaturated/α-hetero) is 1. The van der Waals surface area contributed by atoms with E-state index in [2.05, 4.69) is 9.72 Å². The summed E-state index contributed by atoms with van der Waals surface area (Å²) in [5, 5.41) is 0.377. The molecule has 1 saturated heterocycles. The van der Waals surface area contributed by atoms with Crippen LogP contribution in [0.5, 0.6) is 5.75 Å². The van der Waals surface area contributed by atoms with Crippen LogP contribution in [0.1, 0.15) is 59.4 Å². The van der Waals surface area contributed by atoms with Crippen LogP contribution in [-0.4, -0.2) is 100 Å². The molecule has 0 radical (unpaired) electrons. The number of thiazole rings is 1. The van der Waals surface area contributed by atoms with Crippen molar-refractivity contribution in [3.05, 3.63) is 23.2 Å². The third-order valence-corrected chi connectivity index (χ3v) is 7.33. The lowest BCUT2D eigenvalue weighted by molar-refractivity contribution is -0.274. The number of piperidine rings is 1. The number of alkyl halides is 3. The Morgan fingerprint density at radius 2 is 1.59 bits per heavy atom. The summed E-state index contributed by atoms with van der Waals surface area (Å²) in [6, 6.07) is 3.34. The van der Waals surface area contributed by atoms with Gasteiger partial charge in [-0.25, -0.2) is 14.6 Å². The number of ether oxygens (including phenoxy) is 3. The van der Waals surface area contributed by atoms with E-state index in [-0.39, 0.29) is 37.1 Å². The Hall–Kier alpha value is -3.62. The van der Waals surface area contributed by atoms with Crippen molar-refractivity contribution in [3.63, 3.8) is 0 Å². The van der Waals surface area contributed by atoms with Crippen molar-refractivity contribution in [1.29, 1.82) is 0 Å². The van der Waals surface area contributed by atoms with E-state index < -0.39 is 35.7 Å². The second-order valence-corrected chi connectivity index (χ2v) is 13.7. The molecular formula is C29H39F3N4O7S. The molecule has 15 heteroatoms. The molecule has 2 aromatic rings. The van der Waals surface area contributed by atoms with Crippen LogP contribution in [0.25, 0.3) is 10.2 Å². The van der Waals surface area contributed by atoms with Crippen LogP contribution < -0.4 is 4.74 Å². The van der Waals surface area contributed by atoms with E-state index >= 15 is 0 Å². The monoisotopic (exact) mass is 644 g/mol. The number of carbonyl (C=O) groups excluding carboxylic acids is 4. The minimum absolute atomic E-state index is 0.134. The van der Waals surface area contributed by atoms with E-state index in [1.165, 1.54) is 29.0 Å². The number of aromatic nitrogens is 1. The van der Waals surface area contributed by atoms with Gasteiger partial charge < -0.3 is 24.0 Å². The van der Waals surface area contributed by atoms with Crippen molar-refractivity contribution in [2.45, 2.75) is 84.4 Å². The number of ketones is 1. The highest BCUT2D eigenvalue weighted by molar-refractivity contribution is 7.18. The molecule has 1 aliphatic heterocycles. The summed E-state index contributed by atoms with van der Waals surface area (Å²) >= 11 is 1.06. The Morgan fingerprint density at radius 1 is 0.977 bits per heavy atom. The highest BCUT2D eigenvalue weighted by Gasteiger charge is 2.35. The summed E-state index contributed by atoms with van der Waals surface area (Å²) in [6.07, 6.45) is -5.28. The summed E-state index contributed by atoms with van der Waals surface area (Å²) in [5.41, 5.74) is -1.04. The Labute approximate surface area is 258 Å². The molecule has 0 bridgehead atoms. The molecule has 11 nitrogen and oxygen atoms in total. The van der Waals surface area contributed by atoms with Crippen LogP contribution in [0.3, 0.4) is 0 Å². The maximum Gasteiger partial charge on any atom is 0.573 e. The number of likely N-dealkylation sites (tertiary alicyclic amines) is 1. The van der Waals surface area contributed by atoms with Crippen molar-refractivity contribution < 1.29 is 46.6 Å². The minimum Gasteiger partial charge on any atom is -0.444 e. The third kappa shape index (κ3) is 10.8. The van der Waals surface area contributed by atoms with Crippen molar-refractivity contribution in [1.82, 2.24) is 19.7 Å². The van der Waals surface area contributed by atoms with Crippen LogP contribution in [-0.2, 0) is 25.5 Å². The molecule has 1 aromatic carbocycles. The number of carbonyl (C=O) groups is 4. The molecule has 44 heavy (non-hydrogen) atoms. The van der Waals surface area contributed by atoms with E-state index in [0.717, 1.165) is 17.4 Å². The second kappa shape index (κ2) is 13.6. The topological polar surface area (TPSA) is 119 Å². The molecule has 0 atom stereocenters. The standard InChI is InChI=1S/C29H39F3N4O7S/c1-27(2,3)42-25(39)35-12-10-18(11-13-35)36(26(40)43-28(4,5)6)17-24(38)34(7)16-19(37)14-23-33-21-9-8-20(15-22(21)44-23)41-29(30,31)32/h8-9,15,18H,10-14,16-17H2,1-7H3. The lowest BCUT2D eigenvalue weighted by atomic mass is 10.0. The fourth-order valence-corrected chi connectivity index (χ4v) is 5.44. The molecule has 0 aliphatic carbocycles. The zero-order valence-corrected chi connectivity index (χ0v) is 26.8. The second-order valence-electron chi connectivity index (χ2n) is 12.6. The van der Waals surface area contributed by atoms with E-state index in [1.54, 1.807) is 46.4 Å². The van der Waals surface area contributed by atoms with E-state index in [4.69, 9.17) is 9.47 Å². The van der Waals surface area contributed by atoms with Crippen molar-refractivity contribution in [2.24, 2.45) is 0 Å². The lowest BCUT2D eigenvalue weighted by Crippen LogP contribution is -2.53. The summed E-state index contributed by atoms with van der Waals surface area (Å²) in [5.74, 6) is -1.22. The summed E-state index contributed by atoms with van der Waals surface area (Å²) in [4.78, 5) is 60.1. The van der Waals surface area contributed by atoms with Gasteiger partial charge in [0.2, 0.25) is 5.91 Å². The molecule has 0 unspecified atom stereocenters. The van der Waals surface area contributed by atoms with Gasteiger partial charge in [-0.2, -0.15) is 0 Å². The van der Waals surface area contributed by atoms with Crippen LogP contribution in [0.15, 0.2) is 18.2 Å². The predicted octanol–water partition coefficient (Wildman–Crippen LogP) is 5.40. The van der Waals surface area contributed by atoms with Crippen molar-refractivity contribution in [2.75, 3.05) is 33.2 Å². The maximum atomic E-state index is 13.2. The Kier molecular flexibility index (Phi) is 10.8. The first-order valence-electron chi connectivity index (χ1n) is 14.1. The number of amides is 3. The van der Waals surface area contributed by atoms with Crippen molar-refractivity contribution >= 4 is 45.4 Å². The normalized spacial score (nSPS) is 14.7. The quantitative estimate of drug-likeness (QED) is 0.375. The molecule has 244 valence electrons. The average molecular weight is 645 g/mol. The van der Waals surface area contributed by atoms with Crippen LogP contribution >= 0.6 is 11.3 Å². The first-order valence-corrected chi connectivity index (χ1v) is 14.9. The van der Waals surface area contributed by atoms with Gasteiger partial charge in [0.1, 0.15) is 28.5 Å². The van der Waals surface area contributed by atoms with Gasteiger partial charge in [0.25, 0.3) is 0 Å². The zero-order chi connectivity index (χ0) is 33.0. The van der Waals surface area contributed by atoms with E-state index in [1.807, 2.05) is 0 Å². The molecule has 2 heterocycles. The summed E-state index contributed by atoms with van der Waals surface area (Å²) in [6.45, 7) is 10.5. The van der Waals surface area contributed by atoms with Crippen LogP contribution in [0.4, 0.5) is 22.8 Å². The fourth-order valence-electron chi connectivity index (χ4n) is 4.42. The number of benzene rings is 1. The molecule has 0 spiro atoms. The Balaban J connectivity index is 1.62. The molecule has 0 saturated carbocycles. The zero-order valence-electron chi connectivity index (χ0n) is 25.9. The van der Waals surface area contributed by atoms with Crippen molar-refractivity contribution in [3.8, 4) is 5.75 Å². The van der Waals surface area contributed by atoms with Gasteiger partial charge in [0.15, 0.2) is 5.78 Å². The van der Waals surface area contributed by atoms with Gasteiger partial charge in [-0.15, -0.1) is 24.5 Å². The van der Waals surface area contributed by atoms with Crippen LogP contribution in [0.2, 0.25) is 0 Å². The smallest absolute Gasteiger partial charge is 0.444 e. The number of fused-ring (bicyclic) bond motifs is 1. The first kappa shape index (κ1) is 34.9. The number of halogens is 3. The molecule has 3 amide bonds. The molecule has 0 N–H and O–H groups in total. The number of likely N-dealkylation sites (N-methyl/N-ethyl adjacent to an activating group) is 1. The predicted molar refractivity (Wildman–Crippen MR) is 156 cm³/mol. The van der Waals surface area contributed by atoms with Gasteiger partial charge in [-0.05, 0) is 72.6 Å². The molecule has 1 aromatic heterocycles. The maximum absolute atomic E-state index is 13.2. The lowest BCUT2D eigenvalue weighted by Gasteiger charge is -2.39. The van der Waals surface area contributed by atoms with Gasteiger partial charge in [0.05, 0.1) is 23.2 Å². The van der Waals surface area contributed by atoms with Crippen LogP contribution in [0, 0.1) is 0 Å². The van der Waals surface area contributed by atoms with E-state index in [9.17, 15) is 32.3 Å². The highest BCUT2D eigenvalue weighted by atomic mass is 32.1. The summed E-state index contributed by atoms with van der Waals surface area (Å²) in [7, 11) is 1.44.